The molecule has 2 aromatic rings. The van der Waals surface area contributed by atoms with E-state index in [0.29, 0.717) is 24.9 Å². The van der Waals surface area contributed by atoms with Crippen LogP contribution in [-0.2, 0) is 13.0 Å². The third-order valence-electron chi connectivity index (χ3n) is 3.59. The van der Waals surface area contributed by atoms with E-state index in [1.54, 1.807) is 6.20 Å². The second-order valence-corrected chi connectivity index (χ2v) is 5.15. The third-order valence-corrected chi connectivity index (χ3v) is 3.59. The molecule has 0 bridgehead atoms. The fraction of sp³-hybridized carbons (Fsp3) is 0.375. The lowest BCUT2D eigenvalue weighted by atomic mass is 10.0. The van der Waals surface area contributed by atoms with E-state index in [-0.39, 0.29) is 6.04 Å². The highest BCUT2D eigenvalue weighted by Crippen LogP contribution is 2.31. The molecule has 1 aromatic carbocycles. The van der Waals surface area contributed by atoms with Crippen LogP contribution in [0.2, 0.25) is 0 Å². The summed E-state index contributed by atoms with van der Waals surface area (Å²) >= 11 is 0. The number of oxazole rings is 1. The highest BCUT2D eigenvalue weighted by atomic mass is 16.5. The summed E-state index contributed by atoms with van der Waals surface area (Å²) in [6.07, 6.45) is 3.32. The van der Waals surface area contributed by atoms with Crippen LogP contribution in [0.15, 0.2) is 39.9 Å². The van der Waals surface area contributed by atoms with Crippen molar-refractivity contribution in [1.82, 2.24) is 10.3 Å². The van der Waals surface area contributed by atoms with Crippen molar-refractivity contribution in [1.29, 1.82) is 0 Å². The number of para-hydroxylation sites is 1. The van der Waals surface area contributed by atoms with Crippen LogP contribution in [0.3, 0.4) is 0 Å². The number of nitrogens with two attached hydrogens (primary N) is 1. The molecule has 1 unspecified atom stereocenters. The highest BCUT2D eigenvalue weighted by Gasteiger charge is 2.21. The summed E-state index contributed by atoms with van der Waals surface area (Å²) in [5, 5.41) is 3.25. The second-order valence-electron chi connectivity index (χ2n) is 5.15. The molecule has 0 aliphatic carbocycles. The van der Waals surface area contributed by atoms with E-state index in [2.05, 4.69) is 15.3 Å². The summed E-state index contributed by atoms with van der Waals surface area (Å²) in [7, 11) is 0. The minimum absolute atomic E-state index is 0.120. The van der Waals surface area contributed by atoms with E-state index in [9.17, 15) is 0 Å². The molecular formula is C16H20N4O2. The first kappa shape index (κ1) is 14.4. The van der Waals surface area contributed by atoms with Gasteiger partial charge >= 0.3 is 0 Å². The Morgan fingerprint density at radius 3 is 3.14 bits per heavy atom. The molecule has 1 aliphatic rings. The van der Waals surface area contributed by atoms with Crippen molar-refractivity contribution >= 4 is 5.96 Å². The fourth-order valence-electron chi connectivity index (χ4n) is 2.46. The molecule has 1 aliphatic heterocycles. The van der Waals surface area contributed by atoms with Crippen LogP contribution >= 0.6 is 0 Å². The van der Waals surface area contributed by atoms with Gasteiger partial charge in [0.2, 0.25) is 0 Å². The topological polar surface area (TPSA) is 85.7 Å². The molecule has 1 atom stereocenters. The molecule has 3 N–H and O–H groups in total. The number of aryl methyl sites for hydroxylation is 1. The highest BCUT2D eigenvalue weighted by molar-refractivity contribution is 5.78. The molecule has 6 nitrogen and oxygen atoms in total. The largest absolute Gasteiger partial charge is 0.493 e. The van der Waals surface area contributed by atoms with Crippen molar-refractivity contribution in [2.24, 2.45) is 10.7 Å². The number of aromatic nitrogens is 1. The van der Waals surface area contributed by atoms with E-state index >= 15 is 0 Å². The zero-order chi connectivity index (χ0) is 15.4. The van der Waals surface area contributed by atoms with E-state index in [1.807, 2.05) is 31.2 Å². The fourth-order valence-corrected chi connectivity index (χ4v) is 2.46. The van der Waals surface area contributed by atoms with Crippen molar-refractivity contribution in [3.63, 3.8) is 0 Å². The summed E-state index contributed by atoms with van der Waals surface area (Å²) in [6.45, 7) is 3.05. The van der Waals surface area contributed by atoms with Crippen LogP contribution in [0.4, 0.5) is 0 Å². The number of nitrogens with one attached hydrogen (secondary N) is 1. The molecule has 0 amide bonds. The van der Waals surface area contributed by atoms with Crippen LogP contribution in [-0.4, -0.2) is 17.6 Å². The van der Waals surface area contributed by atoms with Crippen LogP contribution in [0.25, 0.3) is 0 Å². The average Bonchev–Trinajstić information content (AvgIpc) is 3.01. The number of guanidine groups is 1. The molecule has 116 valence electrons. The van der Waals surface area contributed by atoms with Gasteiger partial charge in [-0.1, -0.05) is 25.1 Å². The molecule has 0 radical (unpaired) electrons. The van der Waals surface area contributed by atoms with Gasteiger partial charge in [-0.15, -0.1) is 0 Å². The first-order valence-electron chi connectivity index (χ1n) is 7.48. The molecule has 1 aromatic heterocycles. The lowest BCUT2D eigenvalue weighted by molar-refractivity contribution is 0.262. The van der Waals surface area contributed by atoms with Crippen LogP contribution in [0, 0.1) is 0 Å². The number of benzene rings is 1. The zero-order valence-corrected chi connectivity index (χ0v) is 12.6. The van der Waals surface area contributed by atoms with Crippen LogP contribution in [0.5, 0.6) is 5.75 Å². The Hall–Kier alpha value is -2.50. The number of hydrogen-bond acceptors (Lipinski definition) is 4. The Balaban J connectivity index is 1.64. The predicted octanol–water partition coefficient (Wildman–Crippen LogP) is 2.17. The molecule has 3 rings (SSSR count). The maximum Gasteiger partial charge on any atom is 0.194 e. The number of nitrogens with zero attached hydrogens (tertiary/aromatic N) is 2. The normalized spacial score (nSPS) is 17.7. The van der Waals surface area contributed by atoms with Gasteiger partial charge in [0, 0.05) is 18.4 Å². The van der Waals surface area contributed by atoms with Gasteiger partial charge in [-0.3, -0.25) is 0 Å². The van der Waals surface area contributed by atoms with Crippen molar-refractivity contribution in [2.75, 3.05) is 6.61 Å². The van der Waals surface area contributed by atoms with Crippen molar-refractivity contribution in [2.45, 2.75) is 32.4 Å². The van der Waals surface area contributed by atoms with Crippen LogP contribution < -0.4 is 15.8 Å². The van der Waals surface area contributed by atoms with E-state index in [0.717, 1.165) is 30.0 Å². The maximum atomic E-state index is 5.98. The number of rotatable bonds is 4. The first-order chi connectivity index (χ1) is 10.8. The van der Waals surface area contributed by atoms with E-state index in [4.69, 9.17) is 14.9 Å². The lowest BCUT2D eigenvalue weighted by Crippen LogP contribution is -2.37. The summed E-state index contributed by atoms with van der Waals surface area (Å²) in [5.41, 5.74) is 7.10. The minimum Gasteiger partial charge on any atom is -0.493 e. The van der Waals surface area contributed by atoms with E-state index in [1.165, 1.54) is 0 Å². The molecule has 6 heteroatoms. The number of ether oxygens (including phenoxy) is 1. The second kappa shape index (κ2) is 6.51. The minimum atomic E-state index is 0.120. The smallest absolute Gasteiger partial charge is 0.194 e. The number of fused-ring (bicyclic) bond motifs is 1. The SMILES string of the molecule is CCc1ncc(CN=C(N)NC2CCOc3ccccc32)o1. The monoisotopic (exact) mass is 300 g/mol. The molecule has 0 saturated carbocycles. The van der Waals surface area contributed by atoms with Crippen molar-refractivity contribution < 1.29 is 9.15 Å². The molecule has 0 saturated heterocycles. The van der Waals surface area contributed by atoms with Gasteiger partial charge in [-0.25, -0.2) is 9.98 Å². The maximum absolute atomic E-state index is 5.98. The van der Waals surface area contributed by atoms with Gasteiger partial charge in [0.05, 0.1) is 18.8 Å². The summed E-state index contributed by atoms with van der Waals surface area (Å²) in [5.74, 6) is 2.74. The molecule has 22 heavy (non-hydrogen) atoms. The van der Waals surface area contributed by atoms with Gasteiger partial charge in [0.15, 0.2) is 11.9 Å². The quantitative estimate of drug-likeness (QED) is 0.667. The first-order valence-corrected chi connectivity index (χ1v) is 7.48. The van der Waals surface area contributed by atoms with Gasteiger partial charge in [0.1, 0.15) is 18.1 Å². The Kier molecular flexibility index (Phi) is 4.27. The average molecular weight is 300 g/mol. The Bertz CT molecular complexity index is 666. The predicted molar refractivity (Wildman–Crippen MR) is 83.6 cm³/mol. The Labute approximate surface area is 129 Å². The molecule has 0 spiro atoms. The van der Waals surface area contributed by atoms with Crippen molar-refractivity contribution in [3.8, 4) is 5.75 Å². The van der Waals surface area contributed by atoms with Gasteiger partial charge in [-0.05, 0) is 6.07 Å². The van der Waals surface area contributed by atoms with Crippen LogP contribution in [0.1, 0.15) is 36.6 Å². The number of hydrogen-bond donors (Lipinski definition) is 2. The lowest BCUT2D eigenvalue weighted by Gasteiger charge is -2.26. The van der Waals surface area contributed by atoms with Gasteiger partial charge < -0.3 is 20.2 Å². The zero-order valence-electron chi connectivity index (χ0n) is 12.6. The number of aliphatic imine (C=N–C) groups is 1. The standard InChI is InChI=1S/C16H20N4O2/c1-2-15-18-9-11(22-15)10-19-16(17)20-13-7-8-21-14-6-4-3-5-12(13)14/h3-6,9,13H,2,7-8,10H2,1H3,(H3,17,19,20). The molecule has 0 fully saturated rings. The third kappa shape index (κ3) is 3.21. The molecule has 2 heterocycles. The summed E-state index contributed by atoms with van der Waals surface area (Å²) < 4.78 is 11.1. The Morgan fingerprint density at radius 1 is 1.45 bits per heavy atom. The summed E-state index contributed by atoms with van der Waals surface area (Å²) in [4.78, 5) is 8.46. The Morgan fingerprint density at radius 2 is 2.32 bits per heavy atom. The van der Waals surface area contributed by atoms with Gasteiger partial charge in [-0.2, -0.15) is 0 Å². The van der Waals surface area contributed by atoms with Crippen molar-refractivity contribution in [3.05, 3.63) is 47.7 Å². The summed E-state index contributed by atoms with van der Waals surface area (Å²) in [6, 6.07) is 8.10. The van der Waals surface area contributed by atoms with E-state index < -0.39 is 0 Å². The van der Waals surface area contributed by atoms with Gasteiger partial charge in [0.25, 0.3) is 0 Å². The molecular weight excluding hydrogens is 280 g/mol.